The quantitative estimate of drug-likeness (QED) is 0.536. The Morgan fingerprint density at radius 1 is 1.30 bits per heavy atom. The molecule has 3 N–H and O–H groups in total. The van der Waals surface area contributed by atoms with Crippen LogP contribution in [0.1, 0.15) is 18.9 Å². The predicted octanol–water partition coefficient (Wildman–Crippen LogP) is 1.70. The number of carbonyl (C=O) groups is 1. The third kappa shape index (κ3) is 6.60. The van der Waals surface area contributed by atoms with Crippen LogP contribution in [0.25, 0.3) is 0 Å². The van der Waals surface area contributed by atoms with Crippen molar-refractivity contribution in [2.75, 3.05) is 31.7 Å². The highest BCUT2D eigenvalue weighted by molar-refractivity contribution is 7.80. The van der Waals surface area contributed by atoms with Gasteiger partial charge in [-0.1, -0.05) is 31.3 Å². The number of ether oxygens (including phenoxy) is 2. The lowest BCUT2D eigenvalue weighted by Crippen LogP contribution is -2.20. The highest BCUT2D eigenvalue weighted by atomic mass is 32.1. The average Bonchev–Trinajstić information content (AvgIpc) is 2.43. The van der Waals surface area contributed by atoms with Gasteiger partial charge in [0, 0.05) is 17.9 Å². The van der Waals surface area contributed by atoms with Gasteiger partial charge in [0.1, 0.15) is 11.6 Å². The first kappa shape index (κ1) is 16.6. The number of hydrogen-bond donors (Lipinski definition) is 2. The molecule has 0 bridgehead atoms. The first-order valence-corrected chi connectivity index (χ1v) is 6.89. The van der Waals surface area contributed by atoms with Crippen molar-refractivity contribution in [1.82, 2.24) is 0 Å². The smallest absolute Gasteiger partial charge is 0.250 e. The summed E-state index contributed by atoms with van der Waals surface area (Å²) < 4.78 is 10.4. The molecule has 0 atom stereocenters. The number of thiocarbonyl (C=S) groups is 1. The number of benzene rings is 1. The van der Waals surface area contributed by atoms with Gasteiger partial charge in [-0.05, 0) is 18.6 Å². The standard InChI is InChI=1S/C14H20N2O3S/c1-2-6-18-7-8-19-10-13(17)16-12-5-3-4-11(9-12)14(15)20/h3-5,9H,2,6-8,10H2,1H3,(H2,15,20)(H,16,17). The van der Waals surface area contributed by atoms with Crippen LogP contribution in [0.4, 0.5) is 5.69 Å². The van der Waals surface area contributed by atoms with Gasteiger partial charge in [-0.2, -0.15) is 0 Å². The fraction of sp³-hybridized carbons (Fsp3) is 0.429. The first-order chi connectivity index (χ1) is 9.63. The second kappa shape index (κ2) is 9.41. The zero-order chi connectivity index (χ0) is 14.8. The maximum Gasteiger partial charge on any atom is 0.250 e. The summed E-state index contributed by atoms with van der Waals surface area (Å²) in [7, 11) is 0. The van der Waals surface area contributed by atoms with E-state index >= 15 is 0 Å². The molecule has 20 heavy (non-hydrogen) atoms. The highest BCUT2D eigenvalue weighted by Gasteiger charge is 2.04. The fourth-order valence-corrected chi connectivity index (χ4v) is 1.60. The third-order valence-corrected chi connectivity index (χ3v) is 2.62. The van der Waals surface area contributed by atoms with Crippen LogP contribution in [0.2, 0.25) is 0 Å². The van der Waals surface area contributed by atoms with Crippen LogP contribution in [0, 0.1) is 0 Å². The summed E-state index contributed by atoms with van der Waals surface area (Å²) in [6, 6.07) is 7.07. The Bertz CT molecular complexity index is 452. The van der Waals surface area contributed by atoms with E-state index in [0.717, 1.165) is 6.42 Å². The maximum atomic E-state index is 11.6. The molecule has 0 saturated carbocycles. The summed E-state index contributed by atoms with van der Waals surface area (Å²) in [6.07, 6.45) is 0.972. The normalized spacial score (nSPS) is 10.2. The van der Waals surface area contributed by atoms with Gasteiger partial charge in [0.15, 0.2) is 0 Å². The van der Waals surface area contributed by atoms with E-state index in [9.17, 15) is 4.79 Å². The summed E-state index contributed by atoms with van der Waals surface area (Å²) in [6.45, 7) is 3.64. The molecule has 0 radical (unpaired) electrons. The van der Waals surface area contributed by atoms with E-state index in [1.54, 1.807) is 24.3 Å². The summed E-state index contributed by atoms with van der Waals surface area (Å²) in [5, 5.41) is 2.72. The minimum atomic E-state index is -0.222. The van der Waals surface area contributed by atoms with Crippen molar-refractivity contribution in [3.05, 3.63) is 29.8 Å². The van der Waals surface area contributed by atoms with Crippen LogP contribution in [0.15, 0.2) is 24.3 Å². The Balaban J connectivity index is 2.28. The van der Waals surface area contributed by atoms with E-state index in [1.165, 1.54) is 0 Å². The van der Waals surface area contributed by atoms with Gasteiger partial charge in [-0.25, -0.2) is 0 Å². The van der Waals surface area contributed by atoms with Crippen molar-refractivity contribution in [2.45, 2.75) is 13.3 Å². The molecule has 0 aliphatic rings. The maximum absolute atomic E-state index is 11.6. The van der Waals surface area contributed by atoms with E-state index in [4.69, 9.17) is 27.4 Å². The second-order valence-corrected chi connectivity index (χ2v) is 4.60. The molecular formula is C14H20N2O3S. The Kier molecular flexibility index (Phi) is 7.79. The lowest BCUT2D eigenvalue weighted by molar-refractivity contribution is -0.121. The van der Waals surface area contributed by atoms with Crippen molar-refractivity contribution in [3.63, 3.8) is 0 Å². The van der Waals surface area contributed by atoms with Gasteiger partial charge in [-0.3, -0.25) is 4.79 Å². The monoisotopic (exact) mass is 296 g/mol. The van der Waals surface area contributed by atoms with Gasteiger partial charge in [-0.15, -0.1) is 0 Å². The summed E-state index contributed by atoms with van der Waals surface area (Å²) in [4.78, 5) is 11.9. The molecule has 0 aliphatic heterocycles. The topological polar surface area (TPSA) is 73.6 Å². The molecule has 110 valence electrons. The Hall–Kier alpha value is -1.50. The highest BCUT2D eigenvalue weighted by Crippen LogP contribution is 2.10. The molecular weight excluding hydrogens is 276 g/mol. The van der Waals surface area contributed by atoms with Crippen molar-refractivity contribution in [1.29, 1.82) is 0 Å². The van der Waals surface area contributed by atoms with Gasteiger partial charge in [0.05, 0.1) is 13.2 Å². The number of rotatable bonds is 9. The minimum Gasteiger partial charge on any atom is -0.389 e. The van der Waals surface area contributed by atoms with E-state index in [-0.39, 0.29) is 12.5 Å². The van der Waals surface area contributed by atoms with Crippen LogP contribution >= 0.6 is 12.2 Å². The SMILES string of the molecule is CCCOCCOCC(=O)Nc1cccc(C(N)=S)c1. The molecule has 0 unspecified atom stereocenters. The molecule has 0 saturated heterocycles. The zero-order valence-corrected chi connectivity index (χ0v) is 12.4. The molecule has 1 amide bonds. The lowest BCUT2D eigenvalue weighted by atomic mass is 10.2. The van der Waals surface area contributed by atoms with E-state index in [1.807, 2.05) is 6.92 Å². The molecule has 1 aromatic carbocycles. The molecule has 1 aromatic rings. The Morgan fingerprint density at radius 3 is 2.75 bits per heavy atom. The molecule has 0 aromatic heterocycles. The Labute approximate surface area is 124 Å². The second-order valence-electron chi connectivity index (χ2n) is 4.16. The Morgan fingerprint density at radius 2 is 2.05 bits per heavy atom. The number of amides is 1. The largest absolute Gasteiger partial charge is 0.389 e. The van der Waals surface area contributed by atoms with Crippen LogP contribution in [-0.4, -0.2) is 37.3 Å². The number of hydrogen-bond acceptors (Lipinski definition) is 4. The molecule has 0 aliphatic carbocycles. The number of anilines is 1. The minimum absolute atomic E-state index is 0.00716. The third-order valence-electron chi connectivity index (χ3n) is 2.38. The fourth-order valence-electron chi connectivity index (χ4n) is 1.48. The number of nitrogens with one attached hydrogen (secondary N) is 1. The van der Waals surface area contributed by atoms with Crippen LogP contribution in [0.5, 0.6) is 0 Å². The first-order valence-electron chi connectivity index (χ1n) is 6.48. The number of carbonyl (C=O) groups excluding carboxylic acids is 1. The zero-order valence-electron chi connectivity index (χ0n) is 11.6. The molecule has 6 heteroatoms. The van der Waals surface area contributed by atoms with Crippen LogP contribution in [-0.2, 0) is 14.3 Å². The number of nitrogens with two attached hydrogens (primary N) is 1. The van der Waals surface area contributed by atoms with E-state index < -0.39 is 0 Å². The van der Waals surface area contributed by atoms with Crippen LogP contribution in [0.3, 0.4) is 0 Å². The van der Waals surface area contributed by atoms with Crippen molar-refractivity contribution < 1.29 is 14.3 Å². The van der Waals surface area contributed by atoms with E-state index in [0.29, 0.717) is 36.1 Å². The molecule has 1 rings (SSSR count). The van der Waals surface area contributed by atoms with Gasteiger partial charge in [0.2, 0.25) is 5.91 Å². The van der Waals surface area contributed by atoms with Crippen molar-refractivity contribution >= 4 is 28.8 Å². The molecule has 0 spiro atoms. The summed E-state index contributed by atoms with van der Waals surface area (Å²) >= 11 is 4.88. The summed E-state index contributed by atoms with van der Waals surface area (Å²) in [5.41, 5.74) is 6.89. The predicted molar refractivity (Wildman–Crippen MR) is 82.9 cm³/mol. The van der Waals surface area contributed by atoms with Crippen LogP contribution < -0.4 is 11.1 Å². The van der Waals surface area contributed by atoms with Gasteiger partial charge in [0.25, 0.3) is 0 Å². The lowest BCUT2D eigenvalue weighted by Gasteiger charge is -2.08. The molecule has 0 fully saturated rings. The van der Waals surface area contributed by atoms with Gasteiger partial charge >= 0.3 is 0 Å². The average molecular weight is 296 g/mol. The molecule has 0 heterocycles. The summed E-state index contributed by atoms with van der Waals surface area (Å²) in [5.74, 6) is -0.222. The van der Waals surface area contributed by atoms with Crippen molar-refractivity contribution in [2.24, 2.45) is 5.73 Å². The van der Waals surface area contributed by atoms with Gasteiger partial charge < -0.3 is 20.5 Å². The van der Waals surface area contributed by atoms with E-state index in [2.05, 4.69) is 5.32 Å². The molecule has 5 nitrogen and oxygen atoms in total. The van der Waals surface area contributed by atoms with Crippen molar-refractivity contribution in [3.8, 4) is 0 Å².